The Morgan fingerprint density at radius 1 is 1.35 bits per heavy atom. The van der Waals surface area contributed by atoms with E-state index in [9.17, 15) is 9.59 Å². The summed E-state index contributed by atoms with van der Waals surface area (Å²) in [5.74, 6) is -0.110. The maximum Gasteiger partial charge on any atom is 0.243 e. The van der Waals surface area contributed by atoms with Crippen molar-refractivity contribution in [2.75, 3.05) is 4.90 Å². The van der Waals surface area contributed by atoms with Crippen molar-refractivity contribution in [1.82, 2.24) is 20.7 Å². The van der Waals surface area contributed by atoms with Crippen molar-refractivity contribution in [3.8, 4) is 0 Å². The summed E-state index contributed by atoms with van der Waals surface area (Å²) in [7, 11) is 0. The molecule has 0 aliphatic carbocycles. The van der Waals surface area contributed by atoms with Crippen LogP contribution < -0.4 is 10.2 Å². The molecule has 1 atom stereocenters. The zero-order valence-corrected chi connectivity index (χ0v) is 12.6. The van der Waals surface area contributed by atoms with E-state index >= 15 is 0 Å². The molecule has 3 heterocycles. The molecule has 7 heteroatoms. The first-order valence-corrected chi connectivity index (χ1v) is 7.80. The highest BCUT2D eigenvalue weighted by Crippen LogP contribution is 2.38. The molecule has 0 spiro atoms. The second kappa shape index (κ2) is 5.49. The molecule has 1 unspecified atom stereocenters. The number of amides is 2. The number of para-hydroxylation sites is 1. The summed E-state index contributed by atoms with van der Waals surface area (Å²) in [6.07, 6.45) is 4.41. The lowest BCUT2D eigenvalue weighted by molar-refractivity contribution is -0.126. The molecule has 2 aliphatic heterocycles. The van der Waals surface area contributed by atoms with E-state index in [-0.39, 0.29) is 11.8 Å². The van der Waals surface area contributed by atoms with Gasteiger partial charge in [0.2, 0.25) is 11.8 Å². The maximum atomic E-state index is 12.6. The van der Waals surface area contributed by atoms with Crippen LogP contribution in [0.1, 0.15) is 29.7 Å². The number of nitrogens with one attached hydrogen (secondary N) is 2. The Kier molecular flexibility index (Phi) is 3.33. The third-order valence-corrected chi connectivity index (χ3v) is 4.49. The molecule has 2 N–H and O–H groups in total. The van der Waals surface area contributed by atoms with Crippen LogP contribution in [0.25, 0.3) is 0 Å². The lowest BCUT2D eigenvalue weighted by Crippen LogP contribution is -2.47. The minimum Gasteiger partial charge on any atom is -0.348 e. The number of rotatable bonds is 3. The van der Waals surface area contributed by atoms with Crippen LogP contribution in [-0.4, -0.2) is 33.3 Å². The number of H-pyrrole nitrogens is 1. The lowest BCUT2D eigenvalue weighted by Gasteiger charge is -2.24. The van der Waals surface area contributed by atoms with Crippen molar-refractivity contribution in [2.24, 2.45) is 0 Å². The minimum absolute atomic E-state index is 0.0373. The first-order valence-electron chi connectivity index (χ1n) is 7.80. The van der Waals surface area contributed by atoms with E-state index in [4.69, 9.17) is 0 Å². The average Bonchev–Trinajstić information content (AvgIpc) is 3.16. The van der Waals surface area contributed by atoms with Gasteiger partial charge in [-0.15, -0.1) is 5.10 Å². The van der Waals surface area contributed by atoms with Gasteiger partial charge in [0.1, 0.15) is 11.7 Å². The molecular formula is C16H17N5O2. The lowest BCUT2D eigenvalue weighted by atomic mass is 10.0. The topological polar surface area (TPSA) is 91.0 Å². The summed E-state index contributed by atoms with van der Waals surface area (Å²) in [5.41, 5.74) is 3.87. The van der Waals surface area contributed by atoms with Gasteiger partial charge in [-0.2, -0.15) is 0 Å². The van der Waals surface area contributed by atoms with Gasteiger partial charge in [0.25, 0.3) is 0 Å². The minimum atomic E-state index is -0.469. The van der Waals surface area contributed by atoms with E-state index in [0.29, 0.717) is 25.1 Å². The number of nitrogens with zero attached hydrogens (tertiary/aromatic N) is 3. The highest BCUT2D eigenvalue weighted by Gasteiger charge is 2.40. The highest BCUT2D eigenvalue weighted by atomic mass is 16.2. The van der Waals surface area contributed by atoms with E-state index in [2.05, 4.69) is 26.8 Å². The number of aromatic amines is 1. The second-order valence-corrected chi connectivity index (χ2v) is 5.94. The first kappa shape index (κ1) is 13.9. The standard InChI is InChI=1S/C16H17N5O2/c22-14-6-2-4-10-3-1-5-11-7-13(21(14)15(10)11)16(23)17-8-12-9-18-20-19-12/h1,3,5,9,13H,2,4,6-8H2,(H,17,23)(H,18,19,20). The number of aromatic nitrogens is 3. The zero-order valence-electron chi connectivity index (χ0n) is 12.6. The molecule has 23 heavy (non-hydrogen) atoms. The van der Waals surface area contributed by atoms with Gasteiger partial charge in [0, 0.05) is 19.0 Å². The largest absolute Gasteiger partial charge is 0.348 e. The van der Waals surface area contributed by atoms with Crippen LogP contribution in [0.3, 0.4) is 0 Å². The summed E-state index contributed by atoms with van der Waals surface area (Å²) in [4.78, 5) is 26.8. The number of carbonyl (C=O) groups excluding carboxylic acids is 2. The highest BCUT2D eigenvalue weighted by molar-refractivity contribution is 6.04. The van der Waals surface area contributed by atoms with Gasteiger partial charge >= 0.3 is 0 Å². The van der Waals surface area contributed by atoms with Crippen LogP contribution in [-0.2, 0) is 29.0 Å². The van der Waals surface area contributed by atoms with Gasteiger partial charge in [0.05, 0.1) is 12.2 Å². The predicted molar refractivity (Wildman–Crippen MR) is 82.6 cm³/mol. The predicted octanol–water partition coefficient (Wildman–Crippen LogP) is 0.715. The number of aryl methyl sites for hydroxylation is 1. The van der Waals surface area contributed by atoms with Gasteiger partial charge in [-0.05, 0) is 24.0 Å². The smallest absolute Gasteiger partial charge is 0.243 e. The van der Waals surface area contributed by atoms with Crippen LogP contribution in [0.2, 0.25) is 0 Å². The van der Waals surface area contributed by atoms with Crippen molar-refractivity contribution in [3.05, 3.63) is 41.2 Å². The van der Waals surface area contributed by atoms with Crippen LogP contribution in [0.15, 0.2) is 24.4 Å². The van der Waals surface area contributed by atoms with Crippen molar-refractivity contribution in [2.45, 2.75) is 38.3 Å². The average molecular weight is 311 g/mol. The zero-order chi connectivity index (χ0) is 15.8. The molecule has 0 saturated carbocycles. The summed E-state index contributed by atoms with van der Waals surface area (Å²) >= 11 is 0. The van der Waals surface area contributed by atoms with Crippen LogP contribution >= 0.6 is 0 Å². The van der Waals surface area contributed by atoms with Crippen molar-refractivity contribution in [3.63, 3.8) is 0 Å². The quantitative estimate of drug-likeness (QED) is 0.873. The Hall–Kier alpha value is -2.70. The van der Waals surface area contributed by atoms with Crippen LogP contribution in [0.4, 0.5) is 5.69 Å². The summed E-state index contributed by atoms with van der Waals surface area (Å²) < 4.78 is 0. The summed E-state index contributed by atoms with van der Waals surface area (Å²) in [5, 5.41) is 12.9. The maximum absolute atomic E-state index is 12.6. The first-order chi connectivity index (χ1) is 11.2. The second-order valence-electron chi connectivity index (χ2n) is 5.94. The molecule has 1 aromatic carbocycles. The SMILES string of the molecule is O=C(NCc1c[nH]nn1)C1Cc2cccc3c2N1C(=O)CCC3. The fraction of sp³-hybridized carbons (Fsp3) is 0.375. The number of benzene rings is 1. The molecule has 1 aromatic heterocycles. The Bertz CT molecular complexity index is 756. The molecule has 118 valence electrons. The summed E-state index contributed by atoms with van der Waals surface area (Å²) in [6.45, 7) is 0.303. The van der Waals surface area contributed by atoms with Crippen LogP contribution in [0.5, 0.6) is 0 Å². The van der Waals surface area contributed by atoms with Gasteiger partial charge in [-0.25, -0.2) is 0 Å². The van der Waals surface area contributed by atoms with Crippen molar-refractivity contribution >= 4 is 17.5 Å². The molecule has 2 aliphatic rings. The number of hydrogen-bond donors (Lipinski definition) is 2. The summed E-state index contributed by atoms with van der Waals surface area (Å²) in [6, 6.07) is 5.61. The molecule has 2 amide bonds. The molecule has 0 fully saturated rings. The molecule has 0 radical (unpaired) electrons. The Morgan fingerprint density at radius 2 is 2.22 bits per heavy atom. The molecule has 4 rings (SSSR count). The van der Waals surface area contributed by atoms with Gasteiger partial charge in [-0.3, -0.25) is 19.6 Å². The number of hydrogen-bond acceptors (Lipinski definition) is 4. The molecule has 0 bridgehead atoms. The normalized spacial score (nSPS) is 19.4. The molecular weight excluding hydrogens is 294 g/mol. The molecule has 0 saturated heterocycles. The fourth-order valence-corrected chi connectivity index (χ4v) is 3.44. The van der Waals surface area contributed by atoms with Crippen molar-refractivity contribution < 1.29 is 9.59 Å². The Morgan fingerprint density at radius 3 is 3.04 bits per heavy atom. The number of carbonyl (C=O) groups is 2. The Balaban J connectivity index is 1.59. The molecule has 7 nitrogen and oxygen atoms in total. The fourth-order valence-electron chi connectivity index (χ4n) is 3.44. The monoisotopic (exact) mass is 311 g/mol. The van der Waals surface area contributed by atoms with E-state index < -0.39 is 6.04 Å². The van der Waals surface area contributed by atoms with Crippen molar-refractivity contribution in [1.29, 1.82) is 0 Å². The van der Waals surface area contributed by atoms with E-state index in [1.54, 1.807) is 11.1 Å². The van der Waals surface area contributed by atoms with Gasteiger partial charge in [0.15, 0.2) is 0 Å². The van der Waals surface area contributed by atoms with E-state index in [1.165, 1.54) is 5.56 Å². The third kappa shape index (κ3) is 2.38. The van der Waals surface area contributed by atoms with E-state index in [0.717, 1.165) is 24.1 Å². The van der Waals surface area contributed by atoms with E-state index in [1.807, 2.05) is 12.1 Å². The van der Waals surface area contributed by atoms with Gasteiger partial charge in [-0.1, -0.05) is 23.4 Å². The third-order valence-electron chi connectivity index (χ3n) is 4.49. The molecule has 2 aromatic rings. The number of anilines is 1. The van der Waals surface area contributed by atoms with Crippen LogP contribution in [0, 0.1) is 0 Å². The van der Waals surface area contributed by atoms with Gasteiger partial charge < -0.3 is 5.32 Å². The Labute approximate surface area is 133 Å².